The van der Waals surface area contributed by atoms with E-state index in [0.29, 0.717) is 5.75 Å². The molecule has 1 fully saturated rings. The second-order valence-electron chi connectivity index (χ2n) is 4.77. The normalized spacial score (nSPS) is 24.6. The van der Waals surface area contributed by atoms with Gasteiger partial charge in [0.15, 0.2) is 0 Å². The van der Waals surface area contributed by atoms with Crippen molar-refractivity contribution in [2.45, 2.75) is 45.1 Å². The molecule has 0 amide bonds. The lowest BCUT2D eigenvalue weighted by atomic mass is 9.86. The molecular weight excluding hydrogens is 283 g/mol. The first kappa shape index (κ1) is 12.9. The monoisotopic (exact) mass is 300 g/mol. The topological polar surface area (TPSA) is 9.23 Å². The Bertz CT molecular complexity index is 352. The first-order chi connectivity index (χ1) is 8.17. The molecule has 0 saturated heterocycles. The maximum absolute atomic E-state index is 13.2. The van der Waals surface area contributed by atoms with Gasteiger partial charge in [0.2, 0.25) is 0 Å². The third-order valence-corrected chi connectivity index (χ3v) is 3.97. The maximum atomic E-state index is 13.2. The number of hydrogen-bond donors (Lipinski definition) is 0. The quantitative estimate of drug-likeness (QED) is 0.768. The number of ether oxygens (including phenoxy) is 1. The van der Waals surface area contributed by atoms with Gasteiger partial charge in [-0.3, -0.25) is 0 Å². The lowest BCUT2D eigenvalue weighted by Crippen LogP contribution is -2.23. The number of hydrogen-bond acceptors (Lipinski definition) is 1. The summed E-state index contributed by atoms with van der Waals surface area (Å²) in [6.07, 6.45) is 6.17. The van der Waals surface area contributed by atoms with Crippen LogP contribution in [0.4, 0.5) is 4.39 Å². The van der Waals surface area contributed by atoms with E-state index in [-0.39, 0.29) is 11.9 Å². The zero-order valence-corrected chi connectivity index (χ0v) is 11.7. The molecule has 1 aliphatic rings. The van der Waals surface area contributed by atoms with E-state index < -0.39 is 0 Å². The van der Waals surface area contributed by atoms with Crippen molar-refractivity contribution < 1.29 is 9.13 Å². The highest BCUT2D eigenvalue weighted by molar-refractivity contribution is 9.10. The zero-order valence-electron chi connectivity index (χ0n) is 10.1. The molecule has 0 atom stereocenters. The third-order valence-electron chi connectivity index (χ3n) is 3.51. The van der Waals surface area contributed by atoms with Gasteiger partial charge in [-0.2, -0.15) is 0 Å². The van der Waals surface area contributed by atoms with E-state index in [9.17, 15) is 4.39 Å². The summed E-state index contributed by atoms with van der Waals surface area (Å²) in [4.78, 5) is 0. The molecule has 0 heterocycles. The highest BCUT2D eigenvalue weighted by atomic mass is 79.9. The summed E-state index contributed by atoms with van der Waals surface area (Å²) >= 11 is 3.28. The summed E-state index contributed by atoms with van der Waals surface area (Å²) < 4.78 is 19.8. The molecule has 1 aromatic carbocycles. The molecule has 1 aliphatic carbocycles. The minimum absolute atomic E-state index is 0.253. The molecule has 0 N–H and O–H groups in total. The minimum Gasteiger partial charge on any atom is -0.490 e. The summed E-state index contributed by atoms with van der Waals surface area (Å²) in [5, 5.41) is 0. The van der Waals surface area contributed by atoms with Crippen LogP contribution in [0.2, 0.25) is 0 Å². The summed E-state index contributed by atoms with van der Waals surface area (Å²) in [5.74, 6) is 1.24. The Balaban J connectivity index is 1.93. The van der Waals surface area contributed by atoms with Gasteiger partial charge in [0.25, 0.3) is 0 Å². The second kappa shape index (κ2) is 5.85. The van der Waals surface area contributed by atoms with Crippen molar-refractivity contribution in [3.8, 4) is 5.75 Å². The van der Waals surface area contributed by atoms with Gasteiger partial charge in [0.1, 0.15) is 11.6 Å². The minimum atomic E-state index is -0.253. The van der Waals surface area contributed by atoms with Gasteiger partial charge in [0, 0.05) is 10.5 Å². The van der Waals surface area contributed by atoms with Crippen molar-refractivity contribution in [1.82, 2.24) is 0 Å². The predicted molar refractivity (Wildman–Crippen MR) is 70.8 cm³/mol. The molecule has 1 nitrogen and oxygen atoms in total. The summed E-state index contributed by atoms with van der Waals surface area (Å²) in [6.45, 7) is 2.25. The van der Waals surface area contributed by atoms with Crippen molar-refractivity contribution in [3.63, 3.8) is 0 Å². The standard InChI is InChI=1S/C14H18BrFO/c1-2-10-3-5-13(6-4-10)17-14-8-11(15)7-12(16)9-14/h7-10,13H,2-6H2,1H3. The molecule has 1 saturated carbocycles. The van der Waals surface area contributed by atoms with E-state index in [0.717, 1.165) is 23.2 Å². The van der Waals surface area contributed by atoms with Crippen LogP contribution >= 0.6 is 15.9 Å². The first-order valence-corrected chi connectivity index (χ1v) is 7.09. The fraction of sp³-hybridized carbons (Fsp3) is 0.571. The molecule has 3 heteroatoms. The Labute approximate surface area is 110 Å². The molecule has 0 aromatic heterocycles. The smallest absolute Gasteiger partial charge is 0.128 e. The molecule has 0 spiro atoms. The molecule has 17 heavy (non-hydrogen) atoms. The molecule has 0 bridgehead atoms. The zero-order chi connectivity index (χ0) is 12.3. The van der Waals surface area contributed by atoms with Crippen molar-refractivity contribution in [2.75, 3.05) is 0 Å². The SMILES string of the molecule is CCC1CCC(Oc2cc(F)cc(Br)c2)CC1. The fourth-order valence-corrected chi connectivity index (χ4v) is 2.89. The van der Waals surface area contributed by atoms with E-state index in [4.69, 9.17) is 4.74 Å². The van der Waals surface area contributed by atoms with E-state index in [1.807, 2.05) is 6.07 Å². The molecule has 0 unspecified atom stereocenters. The van der Waals surface area contributed by atoms with Gasteiger partial charge in [-0.05, 0) is 43.7 Å². The number of halogens is 2. The largest absolute Gasteiger partial charge is 0.490 e. The van der Waals surface area contributed by atoms with Crippen LogP contribution in [0.3, 0.4) is 0 Å². The molecule has 2 rings (SSSR count). The third kappa shape index (κ3) is 3.70. The highest BCUT2D eigenvalue weighted by Gasteiger charge is 2.21. The summed E-state index contributed by atoms with van der Waals surface area (Å²) in [5.41, 5.74) is 0. The Morgan fingerprint density at radius 1 is 1.24 bits per heavy atom. The van der Waals surface area contributed by atoms with Crippen LogP contribution in [0, 0.1) is 11.7 Å². The Morgan fingerprint density at radius 2 is 1.94 bits per heavy atom. The van der Waals surface area contributed by atoms with E-state index in [2.05, 4.69) is 22.9 Å². The van der Waals surface area contributed by atoms with Crippen LogP contribution in [0.5, 0.6) is 5.75 Å². The van der Waals surface area contributed by atoms with Crippen molar-refractivity contribution in [1.29, 1.82) is 0 Å². The van der Waals surface area contributed by atoms with Gasteiger partial charge in [-0.1, -0.05) is 29.3 Å². The maximum Gasteiger partial charge on any atom is 0.128 e. The summed E-state index contributed by atoms with van der Waals surface area (Å²) in [6, 6.07) is 4.73. The first-order valence-electron chi connectivity index (χ1n) is 6.30. The van der Waals surface area contributed by atoms with Gasteiger partial charge in [-0.25, -0.2) is 4.39 Å². The highest BCUT2D eigenvalue weighted by Crippen LogP contribution is 2.30. The average Bonchev–Trinajstić information content (AvgIpc) is 2.28. The van der Waals surface area contributed by atoms with E-state index in [1.54, 1.807) is 0 Å². The predicted octanol–water partition coefficient (Wildman–Crippen LogP) is 4.94. The van der Waals surface area contributed by atoms with Crippen LogP contribution < -0.4 is 4.74 Å². The Kier molecular flexibility index (Phi) is 4.43. The van der Waals surface area contributed by atoms with Gasteiger partial charge < -0.3 is 4.74 Å². The molecule has 1 aromatic rings. The second-order valence-corrected chi connectivity index (χ2v) is 5.69. The fourth-order valence-electron chi connectivity index (χ4n) is 2.45. The lowest BCUT2D eigenvalue weighted by molar-refractivity contribution is 0.129. The number of rotatable bonds is 3. The van der Waals surface area contributed by atoms with Crippen LogP contribution in [-0.2, 0) is 0 Å². The van der Waals surface area contributed by atoms with Crippen LogP contribution in [0.15, 0.2) is 22.7 Å². The summed E-state index contributed by atoms with van der Waals surface area (Å²) in [7, 11) is 0. The van der Waals surface area contributed by atoms with Gasteiger partial charge >= 0.3 is 0 Å². The van der Waals surface area contributed by atoms with Crippen LogP contribution in [-0.4, -0.2) is 6.10 Å². The molecule has 94 valence electrons. The van der Waals surface area contributed by atoms with E-state index >= 15 is 0 Å². The average molecular weight is 301 g/mol. The van der Waals surface area contributed by atoms with E-state index in [1.165, 1.54) is 31.4 Å². The lowest BCUT2D eigenvalue weighted by Gasteiger charge is -2.28. The van der Waals surface area contributed by atoms with Gasteiger partial charge in [-0.15, -0.1) is 0 Å². The Hall–Kier alpha value is -0.570. The number of benzene rings is 1. The van der Waals surface area contributed by atoms with Crippen LogP contribution in [0.1, 0.15) is 39.0 Å². The Morgan fingerprint density at radius 3 is 2.53 bits per heavy atom. The van der Waals surface area contributed by atoms with Crippen LogP contribution in [0.25, 0.3) is 0 Å². The molecule has 0 radical (unpaired) electrons. The van der Waals surface area contributed by atoms with Crippen molar-refractivity contribution >= 4 is 15.9 Å². The molecular formula is C14H18BrFO. The molecule has 0 aliphatic heterocycles. The van der Waals surface area contributed by atoms with Gasteiger partial charge in [0.05, 0.1) is 6.10 Å². The van der Waals surface area contributed by atoms with Crippen molar-refractivity contribution in [2.24, 2.45) is 5.92 Å². The van der Waals surface area contributed by atoms with Crippen molar-refractivity contribution in [3.05, 3.63) is 28.5 Å².